The van der Waals surface area contributed by atoms with Crippen LogP contribution in [0.5, 0.6) is 0 Å². The maximum absolute atomic E-state index is 14.2. The SMILES string of the molecule is OCCNc1ncc2nc(NC3=C(F)CCC=C3)n(C3CCCC3)c2n1. The molecule has 0 radical (unpaired) electrons. The minimum atomic E-state index is -0.145. The molecule has 0 amide bonds. The van der Waals surface area contributed by atoms with E-state index in [-0.39, 0.29) is 12.4 Å². The molecule has 8 heteroatoms. The average Bonchev–Trinajstić information content (AvgIpc) is 3.28. The minimum absolute atomic E-state index is 0.00978. The number of halogens is 1. The van der Waals surface area contributed by atoms with Crippen molar-refractivity contribution in [2.24, 2.45) is 0 Å². The van der Waals surface area contributed by atoms with E-state index in [4.69, 9.17) is 5.11 Å². The van der Waals surface area contributed by atoms with Crippen molar-refractivity contribution >= 4 is 23.1 Å². The van der Waals surface area contributed by atoms with E-state index in [2.05, 4.69) is 30.2 Å². The first-order valence-electron chi connectivity index (χ1n) is 9.18. The molecule has 0 bridgehead atoms. The van der Waals surface area contributed by atoms with Gasteiger partial charge in [0, 0.05) is 19.0 Å². The maximum Gasteiger partial charge on any atom is 0.224 e. The number of aromatic nitrogens is 4. The van der Waals surface area contributed by atoms with Crippen molar-refractivity contribution in [3.8, 4) is 0 Å². The summed E-state index contributed by atoms with van der Waals surface area (Å²) < 4.78 is 16.2. The van der Waals surface area contributed by atoms with E-state index in [0.717, 1.165) is 24.9 Å². The summed E-state index contributed by atoms with van der Waals surface area (Å²) in [4.78, 5) is 13.5. The summed E-state index contributed by atoms with van der Waals surface area (Å²) in [7, 11) is 0. The van der Waals surface area contributed by atoms with Gasteiger partial charge in [0.25, 0.3) is 0 Å². The van der Waals surface area contributed by atoms with Crippen LogP contribution in [-0.2, 0) is 0 Å². The van der Waals surface area contributed by atoms with Crippen LogP contribution in [0, 0.1) is 0 Å². The zero-order valence-corrected chi connectivity index (χ0v) is 14.6. The van der Waals surface area contributed by atoms with Gasteiger partial charge in [-0.2, -0.15) is 4.98 Å². The number of anilines is 2. The highest BCUT2D eigenvalue weighted by molar-refractivity contribution is 5.75. The number of imidazole rings is 1. The first-order valence-corrected chi connectivity index (χ1v) is 9.18. The standard InChI is InChI=1S/C18H23FN6O/c19-13-7-3-4-8-14(13)22-18-23-15-11-21-17(20-9-10-26)24-16(15)25(18)12-5-1-2-6-12/h4,8,11-12,26H,1-3,5-7,9-10H2,(H,22,23)(H,20,21,24). The van der Waals surface area contributed by atoms with E-state index in [1.165, 1.54) is 12.8 Å². The third kappa shape index (κ3) is 3.29. The van der Waals surface area contributed by atoms with Crippen molar-refractivity contribution in [1.82, 2.24) is 19.5 Å². The maximum atomic E-state index is 14.2. The molecule has 3 N–H and O–H groups in total. The Morgan fingerprint density at radius 2 is 2.12 bits per heavy atom. The van der Waals surface area contributed by atoms with Gasteiger partial charge in [0.1, 0.15) is 11.3 Å². The van der Waals surface area contributed by atoms with Crippen LogP contribution < -0.4 is 10.6 Å². The number of fused-ring (bicyclic) bond motifs is 1. The Morgan fingerprint density at radius 3 is 2.88 bits per heavy atom. The van der Waals surface area contributed by atoms with Crippen molar-refractivity contribution in [2.75, 3.05) is 23.8 Å². The van der Waals surface area contributed by atoms with Crippen molar-refractivity contribution in [1.29, 1.82) is 0 Å². The Labute approximate surface area is 151 Å². The predicted molar refractivity (Wildman–Crippen MR) is 98.5 cm³/mol. The Hall–Kier alpha value is -2.48. The van der Waals surface area contributed by atoms with Crippen LogP contribution in [0.1, 0.15) is 44.6 Å². The highest BCUT2D eigenvalue weighted by Crippen LogP contribution is 2.35. The van der Waals surface area contributed by atoms with E-state index in [1.807, 2.05) is 6.08 Å². The Bertz CT molecular complexity index is 853. The molecule has 2 aromatic heterocycles. The van der Waals surface area contributed by atoms with E-state index < -0.39 is 0 Å². The highest BCUT2D eigenvalue weighted by atomic mass is 19.1. The third-order valence-corrected chi connectivity index (χ3v) is 4.87. The Kier molecular flexibility index (Phi) is 4.83. The molecule has 1 saturated carbocycles. The zero-order chi connectivity index (χ0) is 17.9. The monoisotopic (exact) mass is 358 g/mol. The molecule has 2 heterocycles. The predicted octanol–water partition coefficient (Wildman–Crippen LogP) is 3.29. The van der Waals surface area contributed by atoms with E-state index in [0.29, 0.717) is 42.1 Å². The fourth-order valence-corrected chi connectivity index (χ4v) is 3.61. The lowest BCUT2D eigenvalue weighted by molar-refractivity contribution is 0.311. The number of aliphatic hydroxyl groups excluding tert-OH is 1. The lowest BCUT2D eigenvalue weighted by Gasteiger charge is -2.18. The van der Waals surface area contributed by atoms with Gasteiger partial charge in [0.2, 0.25) is 11.9 Å². The van der Waals surface area contributed by atoms with Crippen LogP contribution in [0.4, 0.5) is 16.3 Å². The van der Waals surface area contributed by atoms with Crippen LogP contribution in [0.2, 0.25) is 0 Å². The van der Waals surface area contributed by atoms with Gasteiger partial charge < -0.3 is 15.7 Å². The molecule has 138 valence electrons. The lowest BCUT2D eigenvalue weighted by atomic mass is 10.1. The van der Waals surface area contributed by atoms with Gasteiger partial charge in [0.05, 0.1) is 18.5 Å². The number of allylic oxidation sites excluding steroid dienone is 3. The van der Waals surface area contributed by atoms with E-state index >= 15 is 0 Å². The van der Waals surface area contributed by atoms with Crippen molar-refractivity contribution < 1.29 is 9.50 Å². The summed E-state index contributed by atoms with van der Waals surface area (Å²) in [5, 5.41) is 15.1. The topological polar surface area (TPSA) is 87.9 Å². The second-order valence-electron chi connectivity index (χ2n) is 6.68. The van der Waals surface area contributed by atoms with Crippen LogP contribution in [0.3, 0.4) is 0 Å². The quantitative estimate of drug-likeness (QED) is 0.734. The van der Waals surface area contributed by atoms with Crippen molar-refractivity contribution in [3.05, 3.63) is 29.9 Å². The van der Waals surface area contributed by atoms with Gasteiger partial charge >= 0.3 is 0 Å². The molecule has 0 atom stereocenters. The van der Waals surface area contributed by atoms with Crippen LogP contribution in [0.15, 0.2) is 29.9 Å². The van der Waals surface area contributed by atoms with Gasteiger partial charge in [-0.1, -0.05) is 18.9 Å². The van der Waals surface area contributed by atoms with Gasteiger partial charge in [-0.05, 0) is 25.3 Å². The summed E-state index contributed by atoms with van der Waals surface area (Å²) >= 11 is 0. The molecule has 2 aliphatic rings. The number of aliphatic hydroxyl groups is 1. The second-order valence-corrected chi connectivity index (χ2v) is 6.68. The molecule has 26 heavy (non-hydrogen) atoms. The van der Waals surface area contributed by atoms with E-state index in [9.17, 15) is 4.39 Å². The summed E-state index contributed by atoms with van der Waals surface area (Å²) in [5.74, 6) is 0.923. The summed E-state index contributed by atoms with van der Waals surface area (Å²) in [6.45, 7) is 0.396. The molecule has 0 spiro atoms. The Morgan fingerprint density at radius 1 is 1.27 bits per heavy atom. The number of nitrogens with one attached hydrogen (secondary N) is 2. The van der Waals surface area contributed by atoms with Crippen molar-refractivity contribution in [2.45, 2.75) is 44.6 Å². The van der Waals surface area contributed by atoms with Gasteiger partial charge in [-0.15, -0.1) is 0 Å². The van der Waals surface area contributed by atoms with Gasteiger partial charge in [-0.3, -0.25) is 4.57 Å². The van der Waals surface area contributed by atoms with Gasteiger partial charge in [-0.25, -0.2) is 14.4 Å². The molecule has 4 rings (SSSR count). The first kappa shape index (κ1) is 17.0. The molecule has 0 saturated heterocycles. The summed E-state index contributed by atoms with van der Waals surface area (Å²) in [5.41, 5.74) is 1.88. The molecule has 1 fully saturated rings. The fraction of sp³-hybridized carbons (Fsp3) is 0.500. The number of hydrogen-bond acceptors (Lipinski definition) is 6. The lowest BCUT2D eigenvalue weighted by Crippen LogP contribution is -2.13. The normalized spacial score (nSPS) is 18.1. The number of rotatable bonds is 6. The molecular formula is C18H23FN6O. The van der Waals surface area contributed by atoms with Crippen LogP contribution in [0.25, 0.3) is 11.2 Å². The number of hydrogen-bond donors (Lipinski definition) is 3. The van der Waals surface area contributed by atoms with Crippen molar-refractivity contribution in [3.63, 3.8) is 0 Å². The molecule has 0 aromatic carbocycles. The highest BCUT2D eigenvalue weighted by Gasteiger charge is 2.25. The molecule has 2 aromatic rings. The zero-order valence-electron chi connectivity index (χ0n) is 14.6. The first-order chi connectivity index (χ1) is 12.8. The van der Waals surface area contributed by atoms with Crippen LogP contribution in [-0.4, -0.2) is 37.8 Å². The fourth-order valence-electron chi connectivity index (χ4n) is 3.61. The van der Waals surface area contributed by atoms with Gasteiger partial charge in [0.15, 0.2) is 5.65 Å². The molecule has 0 unspecified atom stereocenters. The van der Waals surface area contributed by atoms with Crippen LogP contribution >= 0.6 is 0 Å². The second kappa shape index (κ2) is 7.41. The summed E-state index contributed by atoms with van der Waals surface area (Å²) in [6, 6.07) is 0.291. The minimum Gasteiger partial charge on any atom is -0.395 e. The summed E-state index contributed by atoms with van der Waals surface area (Å²) in [6.07, 6.45) is 11.0. The molecule has 2 aliphatic carbocycles. The molecule has 0 aliphatic heterocycles. The average molecular weight is 358 g/mol. The molecule has 7 nitrogen and oxygen atoms in total. The Balaban J connectivity index is 1.75. The van der Waals surface area contributed by atoms with E-state index in [1.54, 1.807) is 12.3 Å². The molecular weight excluding hydrogens is 335 g/mol. The number of nitrogens with zero attached hydrogens (tertiary/aromatic N) is 4. The largest absolute Gasteiger partial charge is 0.395 e. The third-order valence-electron chi connectivity index (χ3n) is 4.87. The smallest absolute Gasteiger partial charge is 0.224 e.